The van der Waals surface area contributed by atoms with Gasteiger partial charge >= 0.3 is 5.97 Å². The number of unbranched alkanes of at least 4 members (excludes halogenated alkanes) is 1. The molecule has 1 rings (SSSR count). The lowest BCUT2D eigenvalue weighted by Gasteiger charge is -2.08. The minimum absolute atomic E-state index is 0.120. The maximum absolute atomic E-state index is 11.0. The van der Waals surface area contributed by atoms with Gasteiger partial charge in [0.05, 0.1) is 11.9 Å². The highest BCUT2D eigenvalue weighted by Gasteiger charge is 2.11. The molecule has 0 aliphatic rings. The maximum atomic E-state index is 11.0. The van der Waals surface area contributed by atoms with E-state index in [1.165, 1.54) is 12.3 Å². The first-order chi connectivity index (χ1) is 8.15. The molecule has 0 fully saturated rings. The van der Waals surface area contributed by atoms with Gasteiger partial charge in [-0.2, -0.15) is 11.8 Å². The Hall–Kier alpha value is -1.43. The van der Waals surface area contributed by atoms with Crippen molar-refractivity contribution in [2.45, 2.75) is 12.8 Å². The van der Waals surface area contributed by atoms with Crippen LogP contribution < -0.4 is 11.1 Å². The molecule has 0 aliphatic heterocycles. The number of rotatable bonds is 7. The van der Waals surface area contributed by atoms with Crippen LogP contribution in [0.5, 0.6) is 0 Å². The molecule has 0 atom stereocenters. The van der Waals surface area contributed by atoms with Crippen LogP contribution in [0.1, 0.15) is 23.2 Å². The third-order valence-corrected chi connectivity index (χ3v) is 2.90. The molecule has 0 bridgehead atoms. The van der Waals surface area contributed by atoms with E-state index in [0.717, 1.165) is 25.1 Å². The van der Waals surface area contributed by atoms with Gasteiger partial charge in [-0.25, -0.2) is 9.78 Å². The first-order valence-corrected chi connectivity index (χ1v) is 6.76. The van der Waals surface area contributed by atoms with Crippen LogP contribution in [-0.4, -0.2) is 34.6 Å². The summed E-state index contributed by atoms with van der Waals surface area (Å²) in [5.41, 5.74) is 5.98. The Labute approximate surface area is 105 Å². The van der Waals surface area contributed by atoms with Crippen molar-refractivity contribution in [3.8, 4) is 0 Å². The Balaban J connectivity index is 2.55. The summed E-state index contributed by atoms with van der Waals surface area (Å²) in [5, 5.41) is 12.0. The Kier molecular flexibility index (Phi) is 5.62. The van der Waals surface area contributed by atoms with Gasteiger partial charge in [0.2, 0.25) is 0 Å². The van der Waals surface area contributed by atoms with Crippen LogP contribution in [0.2, 0.25) is 0 Å². The molecule has 6 heteroatoms. The summed E-state index contributed by atoms with van der Waals surface area (Å²) in [4.78, 5) is 15.0. The van der Waals surface area contributed by atoms with E-state index in [1.54, 1.807) is 11.8 Å². The van der Waals surface area contributed by atoms with Gasteiger partial charge in [0, 0.05) is 6.54 Å². The van der Waals surface area contributed by atoms with Crippen LogP contribution in [0.3, 0.4) is 0 Å². The monoisotopic (exact) mass is 255 g/mol. The second-order valence-electron chi connectivity index (χ2n) is 3.60. The molecule has 1 aromatic rings. The van der Waals surface area contributed by atoms with E-state index in [0.29, 0.717) is 11.5 Å². The predicted octanol–water partition coefficient (Wildman–Crippen LogP) is 1.92. The smallest absolute Gasteiger partial charge is 0.339 e. The van der Waals surface area contributed by atoms with E-state index in [2.05, 4.69) is 16.6 Å². The fourth-order valence-corrected chi connectivity index (χ4v) is 1.86. The van der Waals surface area contributed by atoms with Crippen molar-refractivity contribution in [2.75, 3.05) is 29.6 Å². The van der Waals surface area contributed by atoms with Crippen LogP contribution in [-0.2, 0) is 0 Å². The van der Waals surface area contributed by atoms with Gasteiger partial charge in [0.15, 0.2) is 0 Å². The zero-order chi connectivity index (χ0) is 12.7. The molecule has 5 nitrogen and oxygen atoms in total. The first kappa shape index (κ1) is 13.6. The standard InChI is InChI=1S/C11H17N3O2S/c1-17-5-3-2-4-13-10-9(11(15)16)6-8(12)7-14-10/h6-7H,2-5,12H2,1H3,(H,13,14)(H,15,16). The van der Waals surface area contributed by atoms with Crippen LogP contribution >= 0.6 is 11.8 Å². The number of aromatic nitrogens is 1. The van der Waals surface area contributed by atoms with E-state index < -0.39 is 5.97 Å². The number of nitrogens with one attached hydrogen (secondary N) is 1. The van der Waals surface area contributed by atoms with E-state index in [1.807, 2.05) is 0 Å². The molecule has 17 heavy (non-hydrogen) atoms. The Bertz CT molecular complexity index is 385. The number of thioether (sulfide) groups is 1. The Morgan fingerprint density at radius 1 is 1.59 bits per heavy atom. The largest absolute Gasteiger partial charge is 0.478 e. The highest BCUT2D eigenvalue weighted by atomic mass is 32.2. The fraction of sp³-hybridized carbons (Fsp3) is 0.455. The number of carbonyl (C=O) groups is 1. The average molecular weight is 255 g/mol. The minimum Gasteiger partial charge on any atom is -0.478 e. The van der Waals surface area contributed by atoms with Gasteiger partial charge in [0.25, 0.3) is 0 Å². The van der Waals surface area contributed by atoms with Gasteiger partial charge in [-0.05, 0) is 30.9 Å². The molecular weight excluding hydrogens is 238 g/mol. The number of nitrogens with zero attached hydrogens (tertiary/aromatic N) is 1. The van der Waals surface area contributed by atoms with Crippen molar-refractivity contribution in [2.24, 2.45) is 0 Å². The van der Waals surface area contributed by atoms with E-state index >= 15 is 0 Å². The molecule has 0 saturated carbocycles. The lowest BCUT2D eigenvalue weighted by atomic mass is 10.2. The number of pyridine rings is 1. The summed E-state index contributed by atoms with van der Waals surface area (Å²) in [6.45, 7) is 0.720. The molecular formula is C11H17N3O2S. The lowest BCUT2D eigenvalue weighted by Crippen LogP contribution is -2.10. The van der Waals surface area contributed by atoms with Crippen molar-refractivity contribution >= 4 is 29.2 Å². The lowest BCUT2D eigenvalue weighted by molar-refractivity contribution is 0.0697. The van der Waals surface area contributed by atoms with Gasteiger partial charge in [0.1, 0.15) is 11.4 Å². The molecule has 4 N–H and O–H groups in total. The number of aromatic carboxylic acids is 1. The normalized spacial score (nSPS) is 10.2. The molecule has 1 aromatic heterocycles. The minimum atomic E-state index is -1.02. The van der Waals surface area contributed by atoms with Gasteiger partial charge < -0.3 is 16.2 Å². The highest BCUT2D eigenvalue weighted by molar-refractivity contribution is 7.98. The molecule has 0 aliphatic carbocycles. The van der Waals surface area contributed by atoms with Crippen molar-refractivity contribution in [3.63, 3.8) is 0 Å². The van der Waals surface area contributed by atoms with Crippen LogP contribution in [0, 0.1) is 0 Å². The highest BCUT2D eigenvalue weighted by Crippen LogP contribution is 2.15. The molecule has 0 radical (unpaired) electrons. The number of carboxylic acid groups (broad SMARTS) is 1. The molecule has 0 amide bonds. The summed E-state index contributed by atoms with van der Waals surface area (Å²) < 4.78 is 0. The molecule has 0 unspecified atom stereocenters. The number of nitrogen functional groups attached to an aromatic ring is 1. The van der Waals surface area contributed by atoms with E-state index in [4.69, 9.17) is 10.8 Å². The molecule has 94 valence electrons. The van der Waals surface area contributed by atoms with Crippen LogP contribution in [0.15, 0.2) is 12.3 Å². The second-order valence-corrected chi connectivity index (χ2v) is 4.58. The summed E-state index contributed by atoms with van der Waals surface area (Å²) in [5.74, 6) is 0.482. The quantitative estimate of drug-likeness (QED) is 0.645. The number of nitrogens with two attached hydrogens (primary N) is 1. The Morgan fingerprint density at radius 2 is 2.35 bits per heavy atom. The topological polar surface area (TPSA) is 88.2 Å². The maximum Gasteiger partial charge on any atom is 0.339 e. The van der Waals surface area contributed by atoms with Crippen molar-refractivity contribution in [1.82, 2.24) is 4.98 Å². The summed E-state index contributed by atoms with van der Waals surface area (Å²) in [7, 11) is 0. The Morgan fingerprint density at radius 3 is 3.00 bits per heavy atom. The van der Waals surface area contributed by atoms with Gasteiger partial charge in [-0.3, -0.25) is 0 Å². The van der Waals surface area contributed by atoms with Gasteiger partial charge in [-0.1, -0.05) is 0 Å². The summed E-state index contributed by atoms with van der Waals surface area (Å²) >= 11 is 1.80. The number of carboxylic acids is 1. The average Bonchev–Trinajstić information content (AvgIpc) is 2.30. The molecule has 0 saturated heterocycles. The number of hydrogen-bond acceptors (Lipinski definition) is 5. The second kappa shape index (κ2) is 7.01. The predicted molar refractivity (Wildman–Crippen MR) is 71.7 cm³/mol. The molecule has 0 aromatic carbocycles. The van der Waals surface area contributed by atoms with Crippen LogP contribution in [0.4, 0.5) is 11.5 Å². The summed E-state index contributed by atoms with van der Waals surface area (Å²) in [6, 6.07) is 1.42. The SMILES string of the molecule is CSCCCCNc1ncc(N)cc1C(=O)O. The first-order valence-electron chi connectivity index (χ1n) is 5.36. The number of anilines is 2. The van der Waals surface area contributed by atoms with Gasteiger partial charge in [-0.15, -0.1) is 0 Å². The number of hydrogen-bond donors (Lipinski definition) is 3. The molecule has 0 spiro atoms. The fourth-order valence-electron chi connectivity index (χ4n) is 1.36. The van der Waals surface area contributed by atoms with Crippen molar-refractivity contribution < 1.29 is 9.90 Å². The molecule has 1 heterocycles. The third-order valence-electron chi connectivity index (χ3n) is 2.21. The third kappa shape index (κ3) is 4.52. The van der Waals surface area contributed by atoms with E-state index in [-0.39, 0.29) is 5.56 Å². The van der Waals surface area contributed by atoms with Crippen molar-refractivity contribution in [3.05, 3.63) is 17.8 Å². The zero-order valence-electron chi connectivity index (χ0n) is 9.77. The van der Waals surface area contributed by atoms with E-state index in [9.17, 15) is 4.79 Å². The zero-order valence-corrected chi connectivity index (χ0v) is 10.6. The summed E-state index contributed by atoms with van der Waals surface area (Å²) in [6.07, 6.45) is 5.62. The van der Waals surface area contributed by atoms with Crippen molar-refractivity contribution in [1.29, 1.82) is 0 Å². The van der Waals surface area contributed by atoms with Crippen LogP contribution in [0.25, 0.3) is 0 Å².